The lowest BCUT2D eigenvalue weighted by Gasteiger charge is -2.44. The lowest BCUT2D eigenvalue weighted by atomic mass is 9.85. The van der Waals surface area contributed by atoms with Crippen LogP contribution in [0.15, 0.2) is 58.4 Å². The number of aliphatic imine (C=N–C) groups is 1. The van der Waals surface area contributed by atoms with Gasteiger partial charge in [0.05, 0.1) is 17.0 Å². The number of aryl methyl sites for hydroxylation is 1. The van der Waals surface area contributed by atoms with E-state index in [0.29, 0.717) is 42.4 Å². The minimum atomic E-state index is -3.48. The summed E-state index contributed by atoms with van der Waals surface area (Å²) in [5.41, 5.74) is 1.87. The monoisotopic (exact) mass is 446 g/mol. The van der Waals surface area contributed by atoms with Crippen molar-refractivity contribution in [2.45, 2.75) is 36.7 Å². The lowest BCUT2D eigenvalue weighted by Crippen LogP contribution is -2.64. The Morgan fingerprint density at radius 1 is 1.10 bits per heavy atom. The predicted octanol–water partition coefficient (Wildman–Crippen LogP) is 2.96. The summed E-state index contributed by atoms with van der Waals surface area (Å²) in [6, 6.07) is 14.8. The predicted molar refractivity (Wildman–Crippen MR) is 120 cm³/mol. The van der Waals surface area contributed by atoms with Gasteiger partial charge in [-0.25, -0.2) is 8.42 Å². The van der Waals surface area contributed by atoms with Crippen LogP contribution in [0.25, 0.3) is 0 Å². The highest BCUT2D eigenvalue weighted by atomic mass is 35.5. The van der Waals surface area contributed by atoms with Crippen LogP contribution in [0.4, 0.5) is 0 Å². The Bertz CT molecular complexity index is 1010. The van der Waals surface area contributed by atoms with Crippen LogP contribution in [0.2, 0.25) is 5.02 Å². The Balaban J connectivity index is 1.44. The molecular formula is C22H27ClN4O2S. The van der Waals surface area contributed by atoms with Gasteiger partial charge in [0.25, 0.3) is 0 Å². The molecule has 30 heavy (non-hydrogen) atoms. The Morgan fingerprint density at radius 3 is 2.43 bits per heavy atom. The maximum Gasteiger partial charge on any atom is 0.243 e. The number of hydrogen-bond donors (Lipinski definition) is 2. The summed E-state index contributed by atoms with van der Waals surface area (Å²) in [6.45, 7) is 5.06. The molecule has 1 saturated heterocycles. The van der Waals surface area contributed by atoms with Crippen molar-refractivity contribution in [3.05, 3.63) is 64.7 Å². The first-order chi connectivity index (χ1) is 14.4. The van der Waals surface area contributed by atoms with E-state index in [9.17, 15) is 8.42 Å². The first-order valence-electron chi connectivity index (χ1n) is 10.2. The third-order valence-corrected chi connectivity index (χ3v) is 8.07. The summed E-state index contributed by atoms with van der Waals surface area (Å²) >= 11 is 5.97. The Labute approximate surface area is 183 Å². The Hall–Kier alpha value is -1.93. The van der Waals surface area contributed by atoms with Crippen molar-refractivity contribution < 1.29 is 8.42 Å². The van der Waals surface area contributed by atoms with E-state index < -0.39 is 10.0 Å². The number of piperidine rings is 1. The SMILES string of the molecule is Cc1ccc(S(=O)(=O)N2CCC3(CC2)NCCN=C3NCc2ccc(Cl)cc2)cc1. The van der Waals surface area contributed by atoms with Crippen LogP contribution >= 0.6 is 11.6 Å². The van der Waals surface area contributed by atoms with Gasteiger partial charge in [0, 0.05) is 31.2 Å². The van der Waals surface area contributed by atoms with Crippen LogP contribution in [-0.4, -0.2) is 50.3 Å². The second-order valence-corrected chi connectivity index (χ2v) is 10.3. The van der Waals surface area contributed by atoms with Crippen molar-refractivity contribution in [1.29, 1.82) is 0 Å². The molecule has 0 aliphatic carbocycles. The van der Waals surface area contributed by atoms with Gasteiger partial charge in [-0.15, -0.1) is 0 Å². The standard InChI is InChI=1S/C22H27ClN4O2S/c1-17-2-8-20(9-3-17)30(28,29)27-14-10-22(11-15-27)21(24-12-13-26-22)25-16-18-4-6-19(23)7-5-18/h2-9,26H,10-16H2,1H3,(H,24,25). The molecule has 0 amide bonds. The minimum absolute atomic E-state index is 0.302. The van der Waals surface area contributed by atoms with Crippen LogP contribution in [-0.2, 0) is 16.6 Å². The number of halogens is 1. The number of benzene rings is 2. The fourth-order valence-corrected chi connectivity index (χ4v) is 5.66. The Morgan fingerprint density at radius 2 is 1.77 bits per heavy atom. The molecule has 4 rings (SSSR count). The maximum absolute atomic E-state index is 13.0. The van der Waals surface area contributed by atoms with E-state index in [1.165, 1.54) is 0 Å². The molecule has 2 aliphatic heterocycles. The lowest BCUT2D eigenvalue weighted by molar-refractivity contribution is 0.241. The van der Waals surface area contributed by atoms with Gasteiger partial charge in [0.1, 0.15) is 5.84 Å². The second kappa shape index (κ2) is 8.67. The van der Waals surface area contributed by atoms with E-state index in [2.05, 4.69) is 10.6 Å². The van der Waals surface area contributed by atoms with Gasteiger partial charge >= 0.3 is 0 Å². The van der Waals surface area contributed by atoms with Crippen LogP contribution in [0.1, 0.15) is 24.0 Å². The van der Waals surface area contributed by atoms with Gasteiger partial charge in [-0.2, -0.15) is 4.31 Å². The number of amidine groups is 1. The smallest absolute Gasteiger partial charge is 0.243 e. The molecule has 6 nitrogen and oxygen atoms in total. The average molecular weight is 447 g/mol. The molecule has 0 saturated carbocycles. The van der Waals surface area contributed by atoms with Crippen LogP contribution < -0.4 is 10.6 Å². The number of sulfonamides is 1. The number of nitrogens with one attached hydrogen (secondary N) is 2. The highest BCUT2D eigenvalue weighted by molar-refractivity contribution is 7.89. The van der Waals surface area contributed by atoms with E-state index in [0.717, 1.165) is 30.1 Å². The molecule has 0 aromatic heterocycles. The van der Waals surface area contributed by atoms with E-state index in [4.69, 9.17) is 16.6 Å². The minimum Gasteiger partial charge on any atom is -0.368 e. The molecule has 2 aromatic rings. The van der Waals surface area contributed by atoms with Crippen molar-refractivity contribution in [2.75, 3.05) is 26.2 Å². The third-order valence-electron chi connectivity index (χ3n) is 5.91. The highest BCUT2D eigenvalue weighted by Crippen LogP contribution is 2.29. The van der Waals surface area contributed by atoms with Crippen LogP contribution in [0, 0.1) is 6.92 Å². The van der Waals surface area contributed by atoms with Gasteiger partial charge in [-0.05, 0) is 49.6 Å². The normalized spacial score (nSPS) is 19.5. The number of rotatable bonds is 4. The molecule has 0 bridgehead atoms. The summed E-state index contributed by atoms with van der Waals surface area (Å²) in [5.74, 6) is 0.927. The van der Waals surface area contributed by atoms with E-state index in [1.54, 1.807) is 16.4 Å². The summed E-state index contributed by atoms with van der Waals surface area (Å²) < 4.78 is 27.7. The van der Waals surface area contributed by atoms with E-state index in [-0.39, 0.29) is 5.54 Å². The summed E-state index contributed by atoms with van der Waals surface area (Å²) in [6.07, 6.45) is 1.37. The molecule has 0 atom stereocenters. The first kappa shape index (κ1) is 21.3. The zero-order valence-electron chi connectivity index (χ0n) is 17.1. The molecular weight excluding hydrogens is 420 g/mol. The second-order valence-electron chi connectivity index (χ2n) is 7.94. The Kier molecular flexibility index (Phi) is 6.16. The van der Waals surface area contributed by atoms with Crippen molar-refractivity contribution in [3.63, 3.8) is 0 Å². The van der Waals surface area contributed by atoms with Crippen LogP contribution in [0.5, 0.6) is 0 Å². The fourth-order valence-electron chi connectivity index (χ4n) is 4.09. The molecule has 1 fully saturated rings. The zero-order valence-corrected chi connectivity index (χ0v) is 18.6. The topological polar surface area (TPSA) is 73.8 Å². The maximum atomic E-state index is 13.0. The van der Waals surface area contributed by atoms with Gasteiger partial charge in [-0.1, -0.05) is 41.4 Å². The summed E-state index contributed by atoms with van der Waals surface area (Å²) in [7, 11) is -3.48. The quantitative estimate of drug-likeness (QED) is 0.757. The molecule has 160 valence electrons. The van der Waals surface area contributed by atoms with Crippen molar-refractivity contribution in [3.8, 4) is 0 Å². The molecule has 0 radical (unpaired) electrons. The molecule has 2 aliphatic rings. The number of hydrogen-bond acceptors (Lipinski definition) is 5. The van der Waals surface area contributed by atoms with Crippen LogP contribution in [0.3, 0.4) is 0 Å². The zero-order chi connectivity index (χ0) is 21.2. The van der Waals surface area contributed by atoms with Crippen molar-refractivity contribution in [1.82, 2.24) is 14.9 Å². The van der Waals surface area contributed by atoms with E-state index in [1.807, 2.05) is 43.3 Å². The third kappa shape index (κ3) is 4.39. The molecule has 2 aromatic carbocycles. The van der Waals surface area contributed by atoms with Crippen molar-refractivity contribution >= 4 is 27.5 Å². The van der Waals surface area contributed by atoms with Gasteiger partial charge < -0.3 is 10.6 Å². The van der Waals surface area contributed by atoms with Gasteiger partial charge in [0.15, 0.2) is 0 Å². The largest absolute Gasteiger partial charge is 0.368 e. The fraction of sp³-hybridized carbons (Fsp3) is 0.409. The molecule has 2 N–H and O–H groups in total. The average Bonchev–Trinajstić information content (AvgIpc) is 2.75. The van der Waals surface area contributed by atoms with Crippen molar-refractivity contribution in [2.24, 2.45) is 4.99 Å². The number of nitrogens with zero attached hydrogens (tertiary/aromatic N) is 2. The van der Waals surface area contributed by atoms with Gasteiger partial charge in [0.2, 0.25) is 10.0 Å². The highest BCUT2D eigenvalue weighted by Gasteiger charge is 2.43. The molecule has 0 unspecified atom stereocenters. The molecule has 8 heteroatoms. The summed E-state index contributed by atoms with van der Waals surface area (Å²) in [4.78, 5) is 5.10. The molecule has 2 heterocycles. The molecule has 1 spiro atoms. The van der Waals surface area contributed by atoms with E-state index >= 15 is 0 Å². The first-order valence-corrected chi connectivity index (χ1v) is 12.1. The summed E-state index contributed by atoms with van der Waals surface area (Å²) in [5, 5.41) is 7.82. The van der Waals surface area contributed by atoms with Gasteiger partial charge in [-0.3, -0.25) is 4.99 Å².